The van der Waals surface area contributed by atoms with Crippen molar-refractivity contribution < 1.29 is 9.47 Å². The Kier molecular flexibility index (Phi) is 6.55. The summed E-state index contributed by atoms with van der Waals surface area (Å²) < 4.78 is 12.9. The average molecular weight is 464 g/mol. The van der Waals surface area contributed by atoms with Crippen molar-refractivity contribution in [2.24, 2.45) is 5.92 Å². The van der Waals surface area contributed by atoms with Crippen LogP contribution in [0.2, 0.25) is 0 Å². The van der Waals surface area contributed by atoms with Gasteiger partial charge in [-0.05, 0) is 42.2 Å². The molecule has 8 heteroatoms. The van der Waals surface area contributed by atoms with E-state index in [1.54, 1.807) is 13.2 Å². The number of hydrogen-bond acceptors (Lipinski definition) is 7. The lowest BCUT2D eigenvalue weighted by atomic mass is 10.1. The van der Waals surface area contributed by atoms with Crippen LogP contribution in [-0.4, -0.2) is 28.3 Å². The molecule has 33 heavy (non-hydrogen) atoms. The van der Waals surface area contributed by atoms with Crippen LogP contribution in [-0.2, 0) is 6.42 Å². The topological polar surface area (TPSA) is 82.8 Å². The molecule has 4 aromatic rings. The lowest BCUT2D eigenvalue weighted by molar-refractivity contribution is 0.257. The second-order valence-corrected chi connectivity index (χ2v) is 9.26. The van der Waals surface area contributed by atoms with E-state index in [-0.39, 0.29) is 16.2 Å². The van der Waals surface area contributed by atoms with Crippen molar-refractivity contribution in [3.05, 3.63) is 90.1 Å². The fourth-order valence-corrected chi connectivity index (χ4v) is 4.16. The van der Waals surface area contributed by atoms with Gasteiger partial charge in [-0.3, -0.25) is 9.59 Å². The summed E-state index contributed by atoms with van der Waals surface area (Å²) in [4.78, 5) is 29.8. The number of thiazole rings is 1. The second-order valence-electron chi connectivity index (χ2n) is 8.25. The number of benzene rings is 2. The van der Waals surface area contributed by atoms with Gasteiger partial charge in [0.05, 0.1) is 18.2 Å². The summed E-state index contributed by atoms with van der Waals surface area (Å²) >= 11 is 1.13. The minimum absolute atomic E-state index is 0.242. The largest absolute Gasteiger partial charge is 0.493 e. The van der Waals surface area contributed by atoms with E-state index in [4.69, 9.17) is 9.47 Å². The normalized spacial score (nSPS) is 12.0. The van der Waals surface area contributed by atoms with Crippen molar-refractivity contribution in [2.75, 3.05) is 13.7 Å². The van der Waals surface area contributed by atoms with Crippen LogP contribution in [0.3, 0.4) is 0 Å². The lowest BCUT2D eigenvalue weighted by Gasteiger charge is -2.12. The molecular formula is C25H25N3O4S. The van der Waals surface area contributed by atoms with E-state index in [0.29, 0.717) is 35.0 Å². The van der Waals surface area contributed by atoms with E-state index in [9.17, 15) is 9.59 Å². The van der Waals surface area contributed by atoms with Gasteiger partial charge in [0.1, 0.15) is 5.69 Å². The van der Waals surface area contributed by atoms with Gasteiger partial charge in [0.25, 0.3) is 11.1 Å². The standard InChI is InChI=1S/C25H25N3O4S/c1-15(2)14-32-20-10-9-18(12-21(20)31-4)13-22-24(30)28-25(33-22)26-23(29)19(27-28)11-17-7-5-16(3)6-8-17/h5-10,12-13,15H,11,14H2,1-4H3/b22-13-. The van der Waals surface area contributed by atoms with Crippen LogP contribution in [0.25, 0.3) is 11.0 Å². The minimum Gasteiger partial charge on any atom is -0.493 e. The van der Waals surface area contributed by atoms with Gasteiger partial charge in [-0.25, -0.2) is 0 Å². The number of hydrogen-bond donors (Lipinski definition) is 0. The van der Waals surface area contributed by atoms with Gasteiger partial charge in [-0.1, -0.05) is 61.1 Å². The molecule has 0 saturated heterocycles. The van der Waals surface area contributed by atoms with Gasteiger partial charge in [0.15, 0.2) is 11.5 Å². The fraction of sp³-hybridized carbons (Fsp3) is 0.280. The van der Waals surface area contributed by atoms with Crippen LogP contribution in [0.5, 0.6) is 11.5 Å². The summed E-state index contributed by atoms with van der Waals surface area (Å²) in [5.74, 6) is 1.63. The molecule has 2 aromatic heterocycles. The fourth-order valence-electron chi connectivity index (χ4n) is 3.25. The summed E-state index contributed by atoms with van der Waals surface area (Å²) in [7, 11) is 1.58. The van der Waals surface area contributed by atoms with Gasteiger partial charge in [0, 0.05) is 6.42 Å². The van der Waals surface area contributed by atoms with E-state index in [1.807, 2.05) is 49.4 Å². The van der Waals surface area contributed by atoms with Crippen molar-refractivity contribution in [1.29, 1.82) is 0 Å². The first-order valence-electron chi connectivity index (χ1n) is 10.6. The van der Waals surface area contributed by atoms with Crippen molar-refractivity contribution in [2.45, 2.75) is 27.2 Å². The van der Waals surface area contributed by atoms with E-state index in [2.05, 4.69) is 23.9 Å². The Labute approximate surface area is 195 Å². The number of methoxy groups -OCH3 is 1. The zero-order valence-corrected chi connectivity index (χ0v) is 19.8. The smallest absolute Gasteiger partial charge is 0.296 e. The van der Waals surface area contributed by atoms with Crippen LogP contribution in [0, 0.1) is 12.8 Å². The van der Waals surface area contributed by atoms with Gasteiger partial charge < -0.3 is 9.47 Å². The second kappa shape index (κ2) is 9.54. The Hall–Kier alpha value is -3.52. The molecule has 0 aliphatic heterocycles. The Morgan fingerprint density at radius 3 is 2.55 bits per heavy atom. The predicted molar refractivity (Wildman–Crippen MR) is 130 cm³/mol. The summed E-state index contributed by atoms with van der Waals surface area (Å²) in [5, 5.41) is 4.32. The summed E-state index contributed by atoms with van der Waals surface area (Å²) in [5.41, 5.74) is 2.35. The summed E-state index contributed by atoms with van der Waals surface area (Å²) in [6.45, 7) is 6.73. The first kappa shape index (κ1) is 22.7. The third-order valence-corrected chi connectivity index (χ3v) is 5.96. The molecule has 0 atom stereocenters. The van der Waals surface area contributed by atoms with Gasteiger partial charge in [-0.2, -0.15) is 14.6 Å². The quantitative estimate of drug-likeness (QED) is 0.419. The van der Waals surface area contributed by atoms with Crippen molar-refractivity contribution >= 4 is 22.4 Å². The molecule has 7 nitrogen and oxygen atoms in total. The molecule has 0 aliphatic carbocycles. The molecule has 2 heterocycles. The molecule has 0 bridgehead atoms. The minimum atomic E-state index is -0.420. The third-order valence-electron chi connectivity index (χ3n) is 5.00. The highest BCUT2D eigenvalue weighted by atomic mass is 32.1. The van der Waals surface area contributed by atoms with E-state index in [1.165, 1.54) is 4.52 Å². The highest BCUT2D eigenvalue weighted by Crippen LogP contribution is 2.28. The number of rotatable bonds is 7. The Morgan fingerprint density at radius 1 is 1.09 bits per heavy atom. The van der Waals surface area contributed by atoms with Crippen molar-refractivity contribution in [3.8, 4) is 11.5 Å². The number of nitrogens with zero attached hydrogens (tertiary/aromatic N) is 3. The molecule has 0 aliphatic rings. The Morgan fingerprint density at radius 2 is 1.85 bits per heavy atom. The van der Waals surface area contributed by atoms with Crippen molar-refractivity contribution in [1.82, 2.24) is 14.6 Å². The van der Waals surface area contributed by atoms with E-state index in [0.717, 1.165) is 28.0 Å². The molecule has 0 saturated carbocycles. The number of ether oxygens (including phenoxy) is 2. The maximum absolute atomic E-state index is 13.0. The highest BCUT2D eigenvalue weighted by molar-refractivity contribution is 7.15. The SMILES string of the molecule is COc1cc(/C=c2\sc3nc(=O)c(Cc4ccc(C)cc4)nn3c2=O)ccc1OCC(C)C. The molecule has 0 amide bonds. The molecule has 170 valence electrons. The summed E-state index contributed by atoms with van der Waals surface area (Å²) in [6, 6.07) is 13.3. The zero-order chi connectivity index (χ0) is 23.5. The first-order valence-corrected chi connectivity index (χ1v) is 11.5. The van der Waals surface area contributed by atoms with Crippen LogP contribution in [0.15, 0.2) is 52.1 Å². The number of aryl methyl sites for hydroxylation is 1. The molecule has 4 rings (SSSR count). The predicted octanol–water partition coefficient (Wildman–Crippen LogP) is 3.00. The van der Waals surface area contributed by atoms with Crippen LogP contribution < -0.4 is 25.1 Å². The third kappa shape index (κ3) is 5.12. The number of aromatic nitrogens is 3. The monoisotopic (exact) mass is 463 g/mol. The molecule has 0 radical (unpaired) electrons. The molecule has 0 fully saturated rings. The number of fused-ring (bicyclic) bond motifs is 1. The lowest BCUT2D eigenvalue weighted by Crippen LogP contribution is -2.28. The first-order chi connectivity index (χ1) is 15.8. The highest BCUT2D eigenvalue weighted by Gasteiger charge is 2.12. The van der Waals surface area contributed by atoms with Gasteiger partial charge in [-0.15, -0.1) is 0 Å². The van der Waals surface area contributed by atoms with Crippen LogP contribution in [0.1, 0.15) is 36.2 Å². The van der Waals surface area contributed by atoms with Gasteiger partial charge in [0.2, 0.25) is 4.96 Å². The van der Waals surface area contributed by atoms with Crippen LogP contribution in [0.4, 0.5) is 0 Å². The Bertz CT molecular complexity index is 1460. The molecular weight excluding hydrogens is 438 g/mol. The maximum atomic E-state index is 13.0. The zero-order valence-electron chi connectivity index (χ0n) is 19.0. The van der Waals surface area contributed by atoms with Crippen LogP contribution >= 0.6 is 11.3 Å². The maximum Gasteiger partial charge on any atom is 0.296 e. The summed E-state index contributed by atoms with van der Waals surface area (Å²) in [6.07, 6.45) is 2.06. The molecule has 0 spiro atoms. The van der Waals surface area contributed by atoms with Crippen molar-refractivity contribution in [3.63, 3.8) is 0 Å². The molecule has 0 unspecified atom stereocenters. The molecule has 2 aromatic carbocycles. The van der Waals surface area contributed by atoms with E-state index < -0.39 is 5.56 Å². The average Bonchev–Trinajstić information content (AvgIpc) is 3.08. The van der Waals surface area contributed by atoms with E-state index >= 15 is 0 Å². The Balaban J connectivity index is 1.70. The molecule has 0 N–H and O–H groups in total. The van der Waals surface area contributed by atoms with Gasteiger partial charge >= 0.3 is 0 Å².